The number of nitrogens with one attached hydrogen (secondary N) is 2. The smallest absolute Gasteiger partial charge is 0.255 e. The van der Waals surface area contributed by atoms with Crippen molar-refractivity contribution < 1.29 is 14.3 Å². The van der Waals surface area contributed by atoms with Crippen molar-refractivity contribution in [2.75, 3.05) is 11.9 Å². The van der Waals surface area contributed by atoms with Gasteiger partial charge >= 0.3 is 0 Å². The van der Waals surface area contributed by atoms with Crippen LogP contribution < -0.4 is 15.4 Å². The van der Waals surface area contributed by atoms with E-state index >= 15 is 0 Å². The summed E-state index contributed by atoms with van der Waals surface area (Å²) >= 11 is 0. The minimum Gasteiger partial charge on any atom is -0.492 e. The molecule has 2 aliphatic rings. The number of carbonyl (C=O) groups excluding carboxylic acids is 2. The summed E-state index contributed by atoms with van der Waals surface area (Å²) in [6, 6.07) is 13.4. The molecular formula is C23H26N2O3. The molecule has 2 aromatic rings. The fourth-order valence-corrected chi connectivity index (χ4v) is 4.02. The third-order valence-corrected chi connectivity index (χ3v) is 5.58. The molecular weight excluding hydrogens is 352 g/mol. The maximum Gasteiger partial charge on any atom is 0.255 e. The van der Waals surface area contributed by atoms with E-state index < -0.39 is 0 Å². The van der Waals surface area contributed by atoms with Gasteiger partial charge in [0.2, 0.25) is 5.91 Å². The van der Waals surface area contributed by atoms with Crippen molar-refractivity contribution in [1.29, 1.82) is 0 Å². The van der Waals surface area contributed by atoms with Crippen LogP contribution in [-0.4, -0.2) is 24.5 Å². The lowest BCUT2D eigenvalue weighted by atomic mass is 9.95. The Kier molecular flexibility index (Phi) is 5.33. The Morgan fingerprint density at radius 3 is 2.68 bits per heavy atom. The number of fused-ring (bicyclic) bond motifs is 1. The van der Waals surface area contributed by atoms with Gasteiger partial charge in [0.1, 0.15) is 12.4 Å². The Morgan fingerprint density at radius 1 is 1.07 bits per heavy atom. The van der Waals surface area contributed by atoms with E-state index in [0.29, 0.717) is 30.3 Å². The highest BCUT2D eigenvalue weighted by Gasteiger charge is 2.28. The highest BCUT2D eigenvalue weighted by atomic mass is 16.5. The molecule has 2 amide bonds. The fourth-order valence-electron chi connectivity index (χ4n) is 4.02. The van der Waals surface area contributed by atoms with E-state index in [1.165, 1.54) is 12.8 Å². The molecule has 0 spiro atoms. The third kappa shape index (κ3) is 4.19. The van der Waals surface area contributed by atoms with E-state index in [9.17, 15) is 9.59 Å². The Hall–Kier alpha value is -2.82. The topological polar surface area (TPSA) is 67.4 Å². The summed E-state index contributed by atoms with van der Waals surface area (Å²) in [6.07, 6.45) is 5.16. The van der Waals surface area contributed by atoms with Crippen LogP contribution in [0.15, 0.2) is 42.5 Å². The maximum absolute atomic E-state index is 12.6. The lowest BCUT2D eigenvalue weighted by Gasteiger charge is -2.26. The van der Waals surface area contributed by atoms with Crippen molar-refractivity contribution in [2.45, 2.75) is 45.1 Å². The molecule has 1 heterocycles. The summed E-state index contributed by atoms with van der Waals surface area (Å²) < 4.78 is 5.81. The van der Waals surface area contributed by atoms with Gasteiger partial charge in [0, 0.05) is 17.3 Å². The van der Waals surface area contributed by atoms with Crippen molar-refractivity contribution in [1.82, 2.24) is 5.32 Å². The Balaban J connectivity index is 1.43. The van der Waals surface area contributed by atoms with Crippen LogP contribution in [-0.2, 0) is 11.2 Å². The number of amides is 2. The van der Waals surface area contributed by atoms with Gasteiger partial charge in [0.15, 0.2) is 0 Å². The molecule has 2 N–H and O–H groups in total. The zero-order valence-electron chi connectivity index (χ0n) is 16.2. The van der Waals surface area contributed by atoms with Gasteiger partial charge in [-0.1, -0.05) is 30.5 Å². The van der Waals surface area contributed by atoms with Gasteiger partial charge in [-0.15, -0.1) is 0 Å². The average molecular weight is 378 g/mol. The molecule has 146 valence electrons. The number of carbonyl (C=O) groups is 2. The summed E-state index contributed by atoms with van der Waals surface area (Å²) in [5.41, 5.74) is 3.34. The number of ether oxygens (including phenoxy) is 1. The van der Waals surface area contributed by atoms with Crippen molar-refractivity contribution in [2.24, 2.45) is 5.92 Å². The Morgan fingerprint density at radius 2 is 1.89 bits per heavy atom. The molecule has 0 radical (unpaired) electrons. The lowest BCUT2D eigenvalue weighted by Crippen LogP contribution is -2.41. The lowest BCUT2D eigenvalue weighted by molar-refractivity contribution is -0.127. The van der Waals surface area contributed by atoms with Gasteiger partial charge in [-0.3, -0.25) is 9.59 Å². The number of aryl methyl sites for hydroxylation is 1. The normalized spacial score (nSPS) is 18.8. The predicted octanol–water partition coefficient (Wildman–Crippen LogP) is 3.86. The molecule has 2 aromatic carbocycles. The molecule has 1 atom stereocenters. The second-order valence-electron chi connectivity index (χ2n) is 7.85. The van der Waals surface area contributed by atoms with Gasteiger partial charge < -0.3 is 15.4 Å². The number of hydrogen-bond donors (Lipinski definition) is 2. The molecule has 4 rings (SSSR count). The molecule has 0 aromatic heterocycles. The van der Waals surface area contributed by atoms with Crippen LogP contribution in [0.1, 0.15) is 47.2 Å². The number of rotatable bonds is 4. The van der Waals surface area contributed by atoms with Crippen LogP contribution >= 0.6 is 0 Å². The Labute approximate surface area is 165 Å². The zero-order chi connectivity index (χ0) is 19.5. The van der Waals surface area contributed by atoms with E-state index in [2.05, 4.69) is 10.6 Å². The third-order valence-electron chi connectivity index (χ3n) is 5.58. The van der Waals surface area contributed by atoms with E-state index in [4.69, 9.17) is 4.74 Å². The van der Waals surface area contributed by atoms with Crippen LogP contribution in [0.25, 0.3) is 0 Å². The van der Waals surface area contributed by atoms with Crippen LogP contribution in [0.5, 0.6) is 5.75 Å². The fraction of sp³-hybridized carbons (Fsp3) is 0.391. The quantitative estimate of drug-likeness (QED) is 0.849. The minimum atomic E-state index is -0.184. The van der Waals surface area contributed by atoms with E-state index in [1.807, 2.05) is 43.3 Å². The Bertz CT molecular complexity index is 887. The largest absolute Gasteiger partial charge is 0.492 e. The minimum absolute atomic E-state index is 0.0757. The second kappa shape index (κ2) is 8.05. The molecule has 5 heteroatoms. The molecule has 0 saturated heterocycles. The number of anilines is 1. The number of hydrogen-bond acceptors (Lipinski definition) is 3. The maximum atomic E-state index is 12.6. The summed E-state index contributed by atoms with van der Waals surface area (Å²) in [6.45, 7) is 2.37. The van der Waals surface area contributed by atoms with Gasteiger partial charge in [-0.05, 0) is 62.1 Å². The molecule has 1 aliphatic carbocycles. The van der Waals surface area contributed by atoms with Gasteiger partial charge in [-0.2, -0.15) is 0 Å². The molecule has 28 heavy (non-hydrogen) atoms. The molecule has 1 aliphatic heterocycles. The molecule has 1 saturated carbocycles. The molecule has 1 unspecified atom stereocenters. The monoisotopic (exact) mass is 378 g/mol. The van der Waals surface area contributed by atoms with Gasteiger partial charge in [0.25, 0.3) is 5.91 Å². The van der Waals surface area contributed by atoms with Crippen molar-refractivity contribution in [3.8, 4) is 5.75 Å². The molecule has 5 nitrogen and oxygen atoms in total. The van der Waals surface area contributed by atoms with Gasteiger partial charge in [0.05, 0.1) is 5.92 Å². The first-order valence-corrected chi connectivity index (χ1v) is 10.0. The SMILES string of the molecule is Cc1cccc(C(=O)Nc2ccc3c(c2)CC(C(=O)NC2CCCC2)CO3)c1. The van der Waals surface area contributed by atoms with Crippen molar-refractivity contribution >= 4 is 17.5 Å². The van der Waals surface area contributed by atoms with E-state index in [0.717, 1.165) is 29.7 Å². The summed E-state index contributed by atoms with van der Waals surface area (Å²) in [5.74, 6) is 0.539. The zero-order valence-corrected chi connectivity index (χ0v) is 16.2. The predicted molar refractivity (Wildman–Crippen MR) is 109 cm³/mol. The van der Waals surface area contributed by atoms with E-state index in [1.54, 1.807) is 6.07 Å². The first kappa shape index (κ1) is 18.5. The molecule has 1 fully saturated rings. The average Bonchev–Trinajstić information content (AvgIpc) is 3.20. The van der Waals surface area contributed by atoms with Crippen LogP contribution in [0, 0.1) is 12.8 Å². The second-order valence-corrected chi connectivity index (χ2v) is 7.85. The van der Waals surface area contributed by atoms with Crippen LogP contribution in [0.3, 0.4) is 0 Å². The first-order chi connectivity index (χ1) is 13.6. The summed E-state index contributed by atoms with van der Waals surface area (Å²) in [7, 11) is 0. The van der Waals surface area contributed by atoms with Crippen LogP contribution in [0.4, 0.5) is 5.69 Å². The highest BCUT2D eigenvalue weighted by Crippen LogP contribution is 2.30. The number of benzene rings is 2. The van der Waals surface area contributed by atoms with Crippen molar-refractivity contribution in [3.05, 3.63) is 59.2 Å². The molecule has 0 bridgehead atoms. The highest BCUT2D eigenvalue weighted by molar-refractivity contribution is 6.04. The summed E-state index contributed by atoms with van der Waals surface area (Å²) in [4.78, 5) is 25.1. The van der Waals surface area contributed by atoms with Gasteiger partial charge in [-0.25, -0.2) is 0 Å². The van der Waals surface area contributed by atoms with Crippen molar-refractivity contribution in [3.63, 3.8) is 0 Å². The summed E-state index contributed by atoms with van der Waals surface area (Å²) in [5, 5.41) is 6.11. The van der Waals surface area contributed by atoms with Crippen LogP contribution in [0.2, 0.25) is 0 Å². The standard InChI is InChI=1S/C23H26N2O3/c1-15-5-4-6-16(11-15)22(26)25-20-9-10-21-17(13-20)12-18(14-28-21)23(27)24-19-7-2-3-8-19/h4-6,9-11,13,18-19H,2-3,7-8,12,14H2,1H3,(H,24,27)(H,25,26). The van der Waals surface area contributed by atoms with E-state index in [-0.39, 0.29) is 17.7 Å². The first-order valence-electron chi connectivity index (χ1n) is 10.0.